The minimum atomic E-state index is -0.321. The van der Waals surface area contributed by atoms with Gasteiger partial charge in [-0.1, -0.05) is 0 Å². The fourth-order valence-corrected chi connectivity index (χ4v) is 1.88. The highest BCUT2D eigenvalue weighted by atomic mass is 35.5. The molecule has 0 radical (unpaired) electrons. The van der Waals surface area contributed by atoms with E-state index in [1.807, 2.05) is 6.92 Å². The summed E-state index contributed by atoms with van der Waals surface area (Å²) in [5, 5.41) is 3.25. The maximum atomic E-state index is 12.0. The summed E-state index contributed by atoms with van der Waals surface area (Å²) in [6, 6.07) is 3.51. The van der Waals surface area contributed by atoms with Crippen molar-refractivity contribution in [3.8, 4) is 0 Å². The second kappa shape index (κ2) is 5.84. The fraction of sp³-hybridized carbons (Fsp3) is 0.455. The Bertz CT molecular complexity index is 446. The number of aromatic nitrogens is 1. The van der Waals surface area contributed by atoms with E-state index in [0.717, 1.165) is 6.54 Å². The molecule has 1 aliphatic rings. The normalized spacial score (nSPS) is 19.6. The molecule has 2 rings (SSSR count). The molecular weight excluding hydrogens is 242 g/mol. The number of halogens is 1. The van der Waals surface area contributed by atoms with Gasteiger partial charge < -0.3 is 15.2 Å². The van der Waals surface area contributed by atoms with E-state index in [1.54, 1.807) is 17.0 Å². The zero-order valence-corrected chi connectivity index (χ0v) is 10.4. The van der Waals surface area contributed by atoms with Crippen molar-refractivity contribution in [2.45, 2.75) is 13.0 Å². The third-order valence-corrected chi connectivity index (χ3v) is 2.70. The predicted octanol–water partition coefficient (Wildman–Crippen LogP) is 0.231. The summed E-state index contributed by atoms with van der Waals surface area (Å²) in [6.07, 6.45) is 1.53. The zero-order chi connectivity index (χ0) is 11.5. The molecule has 17 heavy (non-hydrogen) atoms. The minimum absolute atomic E-state index is 0. The molecule has 0 aromatic carbocycles. The number of nitrogens with one attached hydrogen (secondary N) is 2. The molecule has 1 aromatic heterocycles. The number of aromatic amines is 1. The summed E-state index contributed by atoms with van der Waals surface area (Å²) in [6.45, 7) is 4.09. The number of nitrogens with zero attached hydrogens (tertiary/aromatic N) is 1. The van der Waals surface area contributed by atoms with Crippen LogP contribution in [0.15, 0.2) is 23.1 Å². The van der Waals surface area contributed by atoms with Crippen LogP contribution in [0.4, 0.5) is 0 Å². The molecular formula is C11H16ClN3O2. The number of H-pyrrole nitrogens is 1. The van der Waals surface area contributed by atoms with Gasteiger partial charge in [-0.15, -0.1) is 12.4 Å². The molecule has 0 spiro atoms. The van der Waals surface area contributed by atoms with E-state index in [0.29, 0.717) is 13.1 Å². The first-order valence-corrected chi connectivity index (χ1v) is 5.39. The van der Waals surface area contributed by atoms with Crippen LogP contribution < -0.4 is 10.9 Å². The van der Waals surface area contributed by atoms with Gasteiger partial charge in [0.05, 0.1) is 0 Å². The topological polar surface area (TPSA) is 65.2 Å². The second-order valence-electron chi connectivity index (χ2n) is 4.02. The first kappa shape index (κ1) is 13.7. The lowest BCUT2D eigenvalue weighted by Crippen LogP contribution is -2.52. The number of rotatable bonds is 1. The molecule has 94 valence electrons. The number of piperazine rings is 1. The molecule has 1 fully saturated rings. The highest BCUT2D eigenvalue weighted by Gasteiger charge is 2.22. The Labute approximate surface area is 106 Å². The van der Waals surface area contributed by atoms with Gasteiger partial charge in [0, 0.05) is 31.9 Å². The summed E-state index contributed by atoms with van der Waals surface area (Å²) in [5.74, 6) is -0.185. The van der Waals surface area contributed by atoms with Gasteiger partial charge in [0.25, 0.3) is 11.5 Å². The number of carbonyl (C=O) groups excluding carboxylic acids is 1. The monoisotopic (exact) mass is 257 g/mol. The van der Waals surface area contributed by atoms with Crippen molar-refractivity contribution in [1.29, 1.82) is 0 Å². The van der Waals surface area contributed by atoms with E-state index in [-0.39, 0.29) is 35.5 Å². The van der Waals surface area contributed by atoms with Crippen LogP contribution in [0.25, 0.3) is 0 Å². The molecule has 2 N–H and O–H groups in total. The zero-order valence-electron chi connectivity index (χ0n) is 9.60. The second-order valence-corrected chi connectivity index (χ2v) is 4.02. The molecule has 1 aromatic rings. The molecule has 6 heteroatoms. The third kappa shape index (κ3) is 3.08. The molecule has 5 nitrogen and oxygen atoms in total. The Morgan fingerprint density at radius 3 is 2.94 bits per heavy atom. The highest BCUT2D eigenvalue weighted by molar-refractivity contribution is 5.93. The van der Waals surface area contributed by atoms with Crippen molar-refractivity contribution in [1.82, 2.24) is 15.2 Å². The van der Waals surface area contributed by atoms with Gasteiger partial charge in [-0.3, -0.25) is 9.59 Å². The van der Waals surface area contributed by atoms with E-state index < -0.39 is 0 Å². The molecule has 0 saturated carbocycles. The van der Waals surface area contributed by atoms with Crippen LogP contribution in [0.1, 0.15) is 17.3 Å². The maximum Gasteiger partial charge on any atom is 0.260 e. The number of carbonyl (C=O) groups is 1. The quantitative estimate of drug-likeness (QED) is 0.757. The summed E-state index contributed by atoms with van der Waals surface area (Å²) < 4.78 is 0. The van der Waals surface area contributed by atoms with Gasteiger partial charge in [-0.25, -0.2) is 0 Å². The molecule has 1 amide bonds. The third-order valence-electron chi connectivity index (χ3n) is 2.70. The van der Waals surface area contributed by atoms with E-state index in [9.17, 15) is 9.59 Å². The van der Waals surface area contributed by atoms with Crippen molar-refractivity contribution in [3.05, 3.63) is 34.2 Å². The van der Waals surface area contributed by atoms with Crippen LogP contribution in [0.5, 0.6) is 0 Å². The van der Waals surface area contributed by atoms with Gasteiger partial charge in [0.1, 0.15) is 5.56 Å². The van der Waals surface area contributed by atoms with Crippen LogP contribution in [0.2, 0.25) is 0 Å². The van der Waals surface area contributed by atoms with Crippen molar-refractivity contribution in [3.63, 3.8) is 0 Å². The molecule has 2 heterocycles. The highest BCUT2D eigenvalue weighted by Crippen LogP contribution is 2.03. The van der Waals surface area contributed by atoms with E-state index in [4.69, 9.17) is 0 Å². The summed E-state index contributed by atoms with van der Waals surface area (Å²) in [5.41, 5.74) is -0.102. The Morgan fingerprint density at radius 1 is 1.53 bits per heavy atom. The van der Waals surface area contributed by atoms with Gasteiger partial charge in [0.2, 0.25) is 0 Å². The number of pyridine rings is 1. The molecule has 1 aliphatic heterocycles. The SMILES string of the molecule is C[C@@H]1CN(C(=O)c2ccc[nH]c2=O)CCN1.Cl. The first-order valence-electron chi connectivity index (χ1n) is 5.39. The van der Waals surface area contributed by atoms with Crippen LogP contribution in [0, 0.1) is 0 Å². The van der Waals surface area contributed by atoms with Crippen LogP contribution >= 0.6 is 12.4 Å². The Kier molecular flexibility index (Phi) is 4.72. The molecule has 0 unspecified atom stereocenters. The van der Waals surface area contributed by atoms with Gasteiger partial charge in [0.15, 0.2) is 0 Å². The van der Waals surface area contributed by atoms with Crippen LogP contribution in [-0.2, 0) is 0 Å². The maximum absolute atomic E-state index is 12.0. The Morgan fingerprint density at radius 2 is 2.29 bits per heavy atom. The molecule has 0 aliphatic carbocycles. The number of amides is 1. The van der Waals surface area contributed by atoms with Crippen molar-refractivity contribution >= 4 is 18.3 Å². The van der Waals surface area contributed by atoms with Crippen molar-refractivity contribution in [2.75, 3.05) is 19.6 Å². The lowest BCUT2D eigenvalue weighted by molar-refractivity contribution is 0.0707. The largest absolute Gasteiger partial charge is 0.336 e. The molecule has 0 bridgehead atoms. The summed E-state index contributed by atoms with van der Waals surface area (Å²) >= 11 is 0. The van der Waals surface area contributed by atoms with E-state index in [2.05, 4.69) is 10.3 Å². The lowest BCUT2D eigenvalue weighted by Gasteiger charge is -2.31. The first-order chi connectivity index (χ1) is 7.68. The van der Waals surface area contributed by atoms with Crippen LogP contribution in [0.3, 0.4) is 0 Å². The van der Waals surface area contributed by atoms with E-state index >= 15 is 0 Å². The lowest BCUT2D eigenvalue weighted by atomic mass is 10.2. The summed E-state index contributed by atoms with van der Waals surface area (Å²) in [7, 11) is 0. The average molecular weight is 258 g/mol. The minimum Gasteiger partial charge on any atom is -0.336 e. The average Bonchev–Trinajstić information content (AvgIpc) is 2.29. The molecule has 1 saturated heterocycles. The number of hydrogen-bond donors (Lipinski definition) is 2. The Hall–Kier alpha value is -1.33. The predicted molar refractivity (Wildman–Crippen MR) is 67.7 cm³/mol. The molecule has 1 atom stereocenters. The van der Waals surface area contributed by atoms with Gasteiger partial charge in [-0.2, -0.15) is 0 Å². The van der Waals surface area contributed by atoms with Gasteiger partial charge >= 0.3 is 0 Å². The summed E-state index contributed by atoms with van der Waals surface area (Å²) in [4.78, 5) is 27.7. The smallest absolute Gasteiger partial charge is 0.260 e. The Balaban J connectivity index is 0.00000144. The van der Waals surface area contributed by atoms with Crippen LogP contribution in [-0.4, -0.2) is 41.5 Å². The number of hydrogen-bond acceptors (Lipinski definition) is 3. The van der Waals surface area contributed by atoms with Gasteiger partial charge in [-0.05, 0) is 19.1 Å². The van der Waals surface area contributed by atoms with Crippen molar-refractivity contribution in [2.24, 2.45) is 0 Å². The van der Waals surface area contributed by atoms with Crippen molar-refractivity contribution < 1.29 is 4.79 Å². The fourth-order valence-electron chi connectivity index (χ4n) is 1.88. The standard InChI is InChI=1S/C11H15N3O2.ClH/c1-8-7-14(6-5-12-8)11(16)9-3-2-4-13-10(9)15;/h2-4,8,12H,5-7H2,1H3,(H,13,15);1H/t8-;/m1./s1. The van der Waals surface area contributed by atoms with E-state index in [1.165, 1.54) is 6.20 Å².